The van der Waals surface area contributed by atoms with Gasteiger partial charge < -0.3 is 24.6 Å². The van der Waals surface area contributed by atoms with Gasteiger partial charge in [-0.05, 0) is 50.8 Å². The molecule has 1 atom stereocenters. The largest absolute Gasteiger partial charge is 0.493 e. The molecule has 0 saturated carbocycles. The number of amides is 1. The number of benzene rings is 1. The van der Waals surface area contributed by atoms with Crippen molar-refractivity contribution in [3.05, 3.63) is 23.8 Å². The van der Waals surface area contributed by atoms with Gasteiger partial charge in [-0.2, -0.15) is 0 Å². The van der Waals surface area contributed by atoms with Crippen molar-refractivity contribution in [1.29, 1.82) is 0 Å². The maximum atomic E-state index is 12.4. The lowest BCUT2D eigenvalue weighted by Crippen LogP contribution is -2.39. The smallest absolute Gasteiger partial charge is 0.308 e. The number of rotatable bonds is 8. The van der Waals surface area contributed by atoms with Crippen LogP contribution in [0.3, 0.4) is 0 Å². The second-order valence-electron chi connectivity index (χ2n) is 6.64. The second kappa shape index (κ2) is 9.43. The highest BCUT2D eigenvalue weighted by atomic mass is 16.5. The Kier molecular flexibility index (Phi) is 7.26. The highest BCUT2D eigenvalue weighted by molar-refractivity contribution is 5.95. The molecule has 1 aliphatic rings. The predicted molar refractivity (Wildman–Crippen MR) is 95.8 cm³/mol. The van der Waals surface area contributed by atoms with Crippen LogP contribution in [0.5, 0.6) is 11.5 Å². The number of carbonyl (C=O) groups excluding carboxylic acids is 1. The molecule has 0 radical (unpaired) electrons. The third-order valence-electron chi connectivity index (χ3n) is 4.42. The van der Waals surface area contributed by atoms with E-state index in [9.17, 15) is 14.7 Å². The van der Waals surface area contributed by atoms with Crippen LogP contribution in [-0.4, -0.2) is 50.0 Å². The summed E-state index contributed by atoms with van der Waals surface area (Å²) in [5, 5.41) is 12.2. The molecule has 26 heavy (non-hydrogen) atoms. The van der Waals surface area contributed by atoms with E-state index in [4.69, 9.17) is 14.2 Å². The van der Waals surface area contributed by atoms with Gasteiger partial charge in [0.15, 0.2) is 11.5 Å². The van der Waals surface area contributed by atoms with Crippen LogP contribution in [0.4, 0.5) is 0 Å². The molecular weight excluding hydrogens is 338 g/mol. The Hall–Kier alpha value is -2.28. The summed E-state index contributed by atoms with van der Waals surface area (Å²) in [6.45, 7) is 5.03. The van der Waals surface area contributed by atoms with Gasteiger partial charge in [-0.15, -0.1) is 0 Å². The lowest BCUT2D eigenvalue weighted by atomic mass is 9.86. The molecule has 1 aliphatic heterocycles. The van der Waals surface area contributed by atoms with E-state index in [2.05, 4.69) is 5.32 Å². The Bertz CT molecular complexity index is 624. The average molecular weight is 365 g/mol. The molecule has 1 unspecified atom stereocenters. The molecule has 144 valence electrons. The first-order valence-electron chi connectivity index (χ1n) is 8.85. The fourth-order valence-corrected chi connectivity index (χ4v) is 3.04. The summed E-state index contributed by atoms with van der Waals surface area (Å²) < 4.78 is 16.2. The minimum Gasteiger partial charge on any atom is -0.493 e. The molecular formula is C19H27NO6. The van der Waals surface area contributed by atoms with Crippen molar-refractivity contribution in [2.75, 3.05) is 26.9 Å². The topological polar surface area (TPSA) is 94.1 Å². The quantitative estimate of drug-likeness (QED) is 0.734. The van der Waals surface area contributed by atoms with Crippen molar-refractivity contribution >= 4 is 11.9 Å². The zero-order valence-corrected chi connectivity index (χ0v) is 15.5. The van der Waals surface area contributed by atoms with E-state index < -0.39 is 11.9 Å². The number of aliphatic carboxylic acids is 1. The normalized spacial score (nSPS) is 16.2. The molecule has 1 fully saturated rings. The first-order valence-corrected chi connectivity index (χ1v) is 8.85. The second-order valence-corrected chi connectivity index (χ2v) is 6.64. The predicted octanol–water partition coefficient (Wildman–Crippen LogP) is 2.34. The van der Waals surface area contributed by atoms with Crippen molar-refractivity contribution in [2.24, 2.45) is 11.8 Å². The average Bonchev–Trinajstić information content (AvgIpc) is 2.62. The van der Waals surface area contributed by atoms with Crippen LogP contribution in [0.15, 0.2) is 18.2 Å². The third kappa shape index (κ3) is 5.36. The van der Waals surface area contributed by atoms with Crippen LogP contribution in [0.1, 0.15) is 37.0 Å². The Morgan fingerprint density at radius 1 is 1.27 bits per heavy atom. The van der Waals surface area contributed by atoms with E-state index in [1.165, 1.54) is 7.11 Å². The van der Waals surface area contributed by atoms with E-state index in [1.807, 2.05) is 13.8 Å². The lowest BCUT2D eigenvalue weighted by molar-refractivity contribution is -0.144. The summed E-state index contributed by atoms with van der Waals surface area (Å²) >= 11 is 0. The SMILES string of the molecule is COc1cc(C(=O)NCC(C(=O)O)C2CCOCC2)ccc1OC(C)C. The van der Waals surface area contributed by atoms with Crippen LogP contribution >= 0.6 is 0 Å². The molecule has 1 aromatic carbocycles. The van der Waals surface area contributed by atoms with Gasteiger partial charge >= 0.3 is 5.97 Å². The third-order valence-corrected chi connectivity index (χ3v) is 4.42. The van der Waals surface area contributed by atoms with Crippen molar-refractivity contribution in [1.82, 2.24) is 5.32 Å². The standard InChI is InChI=1S/C19H27NO6/c1-12(2)26-16-5-4-14(10-17(16)24-3)18(21)20-11-15(19(22)23)13-6-8-25-9-7-13/h4-5,10,12-13,15H,6-9,11H2,1-3H3,(H,20,21)(H,22,23). The minimum atomic E-state index is -0.893. The molecule has 1 amide bonds. The van der Waals surface area contributed by atoms with Crippen molar-refractivity contribution < 1.29 is 28.9 Å². The number of methoxy groups -OCH3 is 1. The first-order chi connectivity index (χ1) is 12.4. The maximum absolute atomic E-state index is 12.4. The van der Waals surface area contributed by atoms with E-state index in [1.54, 1.807) is 18.2 Å². The summed E-state index contributed by atoms with van der Waals surface area (Å²) in [7, 11) is 1.51. The monoisotopic (exact) mass is 365 g/mol. The Morgan fingerprint density at radius 2 is 1.96 bits per heavy atom. The number of carboxylic acids is 1. The number of hydrogen-bond donors (Lipinski definition) is 2. The van der Waals surface area contributed by atoms with Gasteiger partial charge in [0.1, 0.15) is 0 Å². The molecule has 0 spiro atoms. The Balaban J connectivity index is 2.02. The lowest BCUT2D eigenvalue weighted by Gasteiger charge is -2.27. The fourth-order valence-electron chi connectivity index (χ4n) is 3.04. The van der Waals surface area contributed by atoms with E-state index in [0.717, 1.165) is 0 Å². The molecule has 7 heteroatoms. The van der Waals surface area contributed by atoms with Crippen LogP contribution < -0.4 is 14.8 Å². The maximum Gasteiger partial charge on any atom is 0.308 e. The molecule has 7 nitrogen and oxygen atoms in total. The Morgan fingerprint density at radius 3 is 2.54 bits per heavy atom. The highest BCUT2D eigenvalue weighted by Gasteiger charge is 2.30. The van der Waals surface area contributed by atoms with E-state index in [0.29, 0.717) is 43.1 Å². The van der Waals surface area contributed by atoms with Gasteiger partial charge in [0.25, 0.3) is 5.91 Å². The van der Waals surface area contributed by atoms with Crippen LogP contribution in [-0.2, 0) is 9.53 Å². The zero-order chi connectivity index (χ0) is 19.1. The summed E-state index contributed by atoms with van der Waals surface area (Å²) in [5.74, 6) is -0.811. The molecule has 1 heterocycles. The van der Waals surface area contributed by atoms with Crippen molar-refractivity contribution in [2.45, 2.75) is 32.8 Å². The van der Waals surface area contributed by atoms with Crippen molar-refractivity contribution in [3.8, 4) is 11.5 Å². The number of nitrogens with one attached hydrogen (secondary N) is 1. The zero-order valence-electron chi connectivity index (χ0n) is 15.5. The van der Waals surface area contributed by atoms with Crippen LogP contribution in [0, 0.1) is 11.8 Å². The highest BCUT2D eigenvalue weighted by Crippen LogP contribution is 2.29. The molecule has 1 aromatic rings. The van der Waals surface area contributed by atoms with Gasteiger partial charge in [-0.1, -0.05) is 0 Å². The van der Waals surface area contributed by atoms with E-state index in [-0.39, 0.29) is 24.5 Å². The minimum absolute atomic E-state index is 0.0119. The summed E-state index contributed by atoms with van der Waals surface area (Å²) in [5.41, 5.74) is 0.397. The number of carboxylic acid groups (broad SMARTS) is 1. The fraction of sp³-hybridized carbons (Fsp3) is 0.579. The number of ether oxygens (including phenoxy) is 3. The number of hydrogen-bond acceptors (Lipinski definition) is 5. The summed E-state index contributed by atoms with van der Waals surface area (Å²) in [6.07, 6.45) is 1.38. The van der Waals surface area contributed by atoms with Gasteiger partial charge in [0.2, 0.25) is 0 Å². The molecule has 1 saturated heterocycles. The first kappa shape index (κ1) is 20.0. The summed E-state index contributed by atoms with van der Waals surface area (Å²) in [4.78, 5) is 24.0. The number of carbonyl (C=O) groups is 2. The van der Waals surface area contributed by atoms with Gasteiger partial charge in [-0.3, -0.25) is 9.59 Å². The molecule has 2 N–H and O–H groups in total. The van der Waals surface area contributed by atoms with Gasteiger partial charge in [-0.25, -0.2) is 0 Å². The van der Waals surface area contributed by atoms with Gasteiger partial charge in [0, 0.05) is 25.3 Å². The van der Waals surface area contributed by atoms with Gasteiger partial charge in [0.05, 0.1) is 19.1 Å². The van der Waals surface area contributed by atoms with E-state index >= 15 is 0 Å². The Labute approximate surface area is 153 Å². The molecule has 0 aromatic heterocycles. The van der Waals surface area contributed by atoms with Crippen LogP contribution in [0.25, 0.3) is 0 Å². The van der Waals surface area contributed by atoms with Crippen molar-refractivity contribution in [3.63, 3.8) is 0 Å². The van der Waals surface area contributed by atoms with Crippen LogP contribution in [0.2, 0.25) is 0 Å². The summed E-state index contributed by atoms with van der Waals surface area (Å²) in [6, 6.07) is 4.91. The molecule has 0 bridgehead atoms. The molecule has 2 rings (SSSR count). The molecule has 0 aliphatic carbocycles.